The Balaban J connectivity index is 1.47. The summed E-state index contributed by atoms with van der Waals surface area (Å²) >= 11 is 3.23. The molecule has 0 aliphatic heterocycles. The highest BCUT2D eigenvalue weighted by Crippen LogP contribution is 2.29. The van der Waals surface area contributed by atoms with Crippen molar-refractivity contribution >= 4 is 37.1 Å². The molecule has 0 radical (unpaired) electrons. The fourth-order valence-corrected chi connectivity index (χ4v) is 5.10. The number of aryl methyl sites for hydroxylation is 1. The lowest BCUT2D eigenvalue weighted by Crippen LogP contribution is -2.13. The molecule has 0 unspecified atom stereocenters. The first-order valence-corrected chi connectivity index (χ1v) is 13.2. The highest BCUT2D eigenvalue weighted by atomic mass is 79.9. The summed E-state index contributed by atoms with van der Waals surface area (Å²) < 4.78 is 48.9. The van der Waals surface area contributed by atoms with E-state index in [0.717, 1.165) is 11.1 Å². The molecule has 0 spiro atoms. The Hall–Kier alpha value is -3.41. The fraction of sp³-hybridized carbons (Fsp3) is 0.160. The van der Waals surface area contributed by atoms with Gasteiger partial charge in [-0.15, -0.1) is 0 Å². The monoisotopic (exact) mass is 569 g/mol. The van der Waals surface area contributed by atoms with Crippen LogP contribution < -0.4 is 0 Å². The van der Waals surface area contributed by atoms with E-state index in [1.807, 2.05) is 28.3 Å². The molecule has 8 nitrogen and oxygen atoms in total. The summed E-state index contributed by atoms with van der Waals surface area (Å²) in [5.41, 5.74) is 3.66. The van der Waals surface area contributed by atoms with Gasteiger partial charge in [-0.25, -0.2) is 14.4 Å². The number of hydrogen-bond donors (Lipinski definition) is 0. The molecule has 0 amide bonds. The number of nitrogens with zero attached hydrogens (tertiary/aromatic N) is 5. The number of halogens is 2. The number of benzene rings is 2. The fourth-order valence-electron chi connectivity index (χ4n) is 3.87. The van der Waals surface area contributed by atoms with Crippen LogP contribution in [0.15, 0.2) is 82.9 Å². The Morgan fingerprint density at radius 2 is 1.89 bits per heavy atom. The summed E-state index contributed by atoms with van der Waals surface area (Å²) in [5, 5.41) is 0. The maximum absolute atomic E-state index is 14.3. The van der Waals surface area contributed by atoms with Crippen LogP contribution in [-0.2, 0) is 27.4 Å². The van der Waals surface area contributed by atoms with Crippen LogP contribution >= 0.6 is 15.9 Å². The van der Waals surface area contributed by atoms with E-state index in [1.54, 1.807) is 43.1 Å². The Bertz CT molecular complexity index is 1630. The third-order valence-electron chi connectivity index (χ3n) is 5.63. The van der Waals surface area contributed by atoms with E-state index in [9.17, 15) is 12.8 Å². The Labute approximate surface area is 215 Å². The van der Waals surface area contributed by atoms with E-state index in [1.165, 1.54) is 18.2 Å². The minimum absolute atomic E-state index is 0.0880. The summed E-state index contributed by atoms with van der Waals surface area (Å²) in [6.07, 6.45) is 8.70. The van der Waals surface area contributed by atoms with Crippen molar-refractivity contribution in [1.82, 2.24) is 24.1 Å². The van der Waals surface area contributed by atoms with Gasteiger partial charge in [-0.3, -0.25) is 9.17 Å². The molecule has 3 aromatic heterocycles. The predicted octanol–water partition coefficient (Wildman–Crippen LogP) is 4.96. The number of fused-ring (bicyclic) bond motifs is 1. The second-order valence-electron chi connectivity index (χ2n) is 8.25. The van der Waals surface area contributed by atoms with Gasteiger partial charge in [-0.2, -0.15) is 8.42 Å². The average molecular weight is 570 g/mol. The summed E-state index contributed by atoms with van der Waals surface area (Å²) in [6, 6.07) is 11.4. The Morgan fingerprint density at radius 3 is 2.64 bits per heavy atom. The lowest BCUT2D eigenvalue weighted by molar-refractivity contribution is 0.303. The molecule has 0 aliphatic rings. The molecule has 36 heavy (non-hydrogen) atoms. The van der Waals surface area contributed by atoms with Gasteiger partial charge in [-0.1, -0.05) is 17.7 Å². The summed E-state index contributed by atoms with van der Waals surface area (Å²) in [5.74, 6) is 0.0858. The van der Waals surface area contributed by atoms with Gasteiger partial charge in [0.05, 0.1) is 39.9 Å². The van der Waals surface area contributed by atoms with Crippen molar-refractivity contribution in [3.8, 4) is 11.4 Å². The maximum atomic E-state index is 14.3. The van der Waals surface area contributed by atoms with Crippen LogP contribution in [-0.4, -0.2) is 39.1 Å². The van der Waals surface area contributed by atoms with Crippen LogP contribution in [0.25, 0.3) is 22.4 Å². The largest absolute Gasteiger partial charge is 0.333 e. The van der Waals surface area contributed by atoms with Crippen LogP contribution in [0.2, 0.25) is 0 Å². The van der Waals surface area contributed by atoms with Gasteiger partial charge < -0.3 is 9.13 Å². The van der Waals surface area contributed by atoms with Crippen molar-refractivity contribution in [2.75, 3.05) is 6.61 Å². The van der Waals surface area contributed by atoms with Gasteiger partial charge in [0.25, 0.3) is 10.1 Å². The third kappa shape index (κ3) is 5.08. The molecular weight excluding hydrogens is 549 g/mol. The van der Waals surface area contributed by atoms with Crippen molar-refractivity contribution < 1.29 is 17.0 Å². The van der Waals surface area contributed by atoms with Gasteiger partial charge in [-0.05, 0) is 52.7 Å². The van der Waals surface area contributed by atoms with E-state index in [0.29, 0.717) is 29.0 Å². The van der Waals surface area contributed by atoms with Crippen molar-refractivity contribution in [1.29, 1.82) is 0 Å². The second kappa shape index (κ2) is 9.92. The second-order valence-corrected chi connectivity index (χ2v) is 10.7. The van der Waals surface area contributed by atoms with Crippen molar-refractivity contribution in [3.63, 3.8) is 0 Å². The predicted molar refractivity (Wildman–Crippen MR) is 136 cm³/mol. The topological polar surface area (TPSA) is 91.9 Å². The van der Waals surface area contributed by atoms with Gasteiger partial charge in [0.15, 0.2) is 0 Å². The molecule has 0 fully saturated rings. The standard InChI is InChI=1S/C25H21BrFN5O3S/c1-17-2-4-20(5-3-17)36(33,34)35-9-8-32-24-11-21(26)22(27)12-23(24)30-25(32)19-10-18(13-29-14-19)15-31-7-6-28-16-31/h2-7,10-14,16H,8-9,15H2,1H3. The molecule has 0 bridgehead atoms. The first-order chi connectivity index (χ1) is 17.3. The molecule has 5 aromatic rings. The van der Waals surface area contributed by atoms with Gasteiger partial charge in [0, 0.05) is 43.0 Å². The molecule has 0 atom stereocenters. The molecule has 3 heterocycles. The molecule has 2 aromatic carbocycles. The molecule has 0 saturated heterocycles. The van der Waals surface area contributed by atoms with E-state index in [-0.39, 0.29) is 22.5 Å². The number of rotatable bonds is 8. The molecule has 0 saturated carbocycles. The lowest BCUT2D eigenvalue weighted by Gasteiger charge is -2.11. The summed E-state index contributed by atoms with van der Waals surface area (Å²) in [7, 11) is -3.94. The van der Waals surface area contributed by atoms with E-state index < -0.39 is 15.9 Å². The minimum Gasteiger partial charge on any atom is -0.333 e. The van der Waals surface area contributed by atoms with E-state index >= 15 is 0 Å². The zero-order valence-corrected chi connectivity index (χ0v) is 21.6. The lowest BCUT2D eigenvalue weighted by atomic mass is 10.2. The van der Waals surface area contributed by atoms with Gasteiger partial charge in [0.2, 0.25) is 0 Å². The number of hydrogen-bond acceptors (Lipinski definition) is 6. The highest BCUT2D eigenvalue weighted by molar-refractivity contribution is 9.10. The zero-order valence-electron chi connectivity index (χ0n) is 19.2. The number of aromatic nitrogens is 5. The van der Waals surface area contributed by atoms with Crippen LogP contribution in [0.1, 0.15) is 11.1 Å². The first kappa shape index (κ1) is 24.3. The molecule has 184 valence electrons. The van der Waals surface area contributed by atoms with Crippen LogP contribution in [0.3, 0.4) is 0 Å². The Morgan fingerprint density at radius 1 is 1.08 bits per heavy atom. The normalized spacial score (nSPS) is 11.9. The van der Waals surface area contributed by atoms with Crippen LogP contribution in [0, 0.1) is 12.7 Å². The molecule has 11 heteroatoms. The van der Waals surface area contributed by atoms with Gasteiger partial charge >= 0.3 is 0 Å². The molecule has 0 N–H and O–H groups in total. The first-order valence-electron chi connectivity index (χ1n) is 11.0. The molecule has 5 rings (SSSR count). The van der Waals surface area contributed by atoms with Crippen molar-refractivity contribution in [2.24, 2.45) is 0 Å². The van der Waals surface area contributed by atoms with Crippen molar-refractivity contribution in [2.45, 2.75) is 24.9 Å². The SMILES string of the molecule is Cc1ccc(S(=O)(=O)OCCn2c(-c3cncc(Cn4ccnc4)c3)nc3cc(F)c(Br)cc32)cc1. The number of pyridine rings is 1. The third-order valence-corrected chi connectivity index (χ3v) is 7.56. The average Bonchev–Trinajstić information content (AvgIpc) is 3.48. The molecular formula is C25H21BrFN5O3S. The van der Waals surface area contributed by atoms with E-state index in [2.05, 4.69) is 30.9 Å². The van der Waals surface area contributed by atoms with Crippen molar-refractivity contribution in [3.05, 3.63) is 95.0 Å². The smallest absolute Gasteiger partial charge is 0.297 e. The maximum Gasteiger partial charge on any atom is 0.297 e. The van der Waals surface area contributed by atoms with Gasteiger partial charge in [0.1, 0.15) is 11.6 Å². The highest BCUT2D eigenvalue weighted by Gasteiger charge is 2.19. The van der Waals surface area contributed by atoms with E-state index in [4.69, 9.17) is 4.18 Å². The van der Waals surface area contributed by atoms with Crippen LogP contribution in [0.5, 0.6) is 0 Å². The summed E-state index contributed by atoms with van der Waals surface area (Å²) in [4.78, 5) is 13.1. The Kier molecular flexibility index (Phi) is 6.69. The quantitative estimate of drug-likeness (QED) is 0.245. The molecule has 0 aliphatic carbocycles. The summed E-state index contributed by atoms with van der Waals surface area (Å²) in [6.45, 7) is 2.48. The minimum atomic E-state index is -3.94. The zero-order chi connectivity index (χ0) is 25.3. The van der Waals surface area contributed by atoms with Crippen LogP contribution in [0.4, 0.5) is 4.39 Å². The number of imidazole rings is 2.